The van der Waals surface area contributed by atoms with Crippen LogP contribution in [0.4, 0.5) is 18.0 Å². The van der Waals surface area contributed by atoms with Gasteiger partial charge in [0.25, 0.3) is 0 Å². The molecule has 0 spiro atoms. The molecule has 1 saturated heterocycles. The number of likely N-dealkylation sites (tertiary alicyclic amines) is 1. The predicted molar refractivity (Wildman–Crippen MR) is 57.6 cm³/mol. The van der Waals surface area contributed by atoms with Gasteiger partial charge in [-0.15, -0.1) is 0 Å². The number of urea groups is 1. The van der Waals surface area contributed by atoms with Gasteiger partial charge in [0.05, 0.1) is 0 Å². The number of rotatable bonds is 3. The fraction of sp³-hybridized carbons (Fsp3) is 0.800. The van der Waals surface area contributed by atoms with Crippen LogP contribution in [0.3, 0.4) is 0 Å². The monoisotopic (exact) mass is 267 g/mol. The maximum absolute atomic E-state index is 11.9. The highest BCUT2D eigenvalue weighted by atomic mass is 19.4. The Kier molecular flexibility index (Phi) is 4.80. The first kappa shape index (κ1) is 14.6. The van der Waals surface area contributed by atoms with Gasteiger partial charge >= 0.3 is 12.2 Å². The summed E-state index contributed by atoms with van der Waals surface area (Å²) in [4.78, 5) is 23.4. The van der Waals surface area contributed by atoms with Crippen molar-refractivity contribution in [2.75, 3.05) is 19.6 Å². The van der Waals surface area contributed by atoms with Crippen molar-refractivity contribution in [1.82, 2.24) is 10.2 Å². The lowest BCUT2D eigenvalue weighted by Crippen LogP contribution is -2.47. The van der Waals surface area contributed by atoms with E-state index in [0.717, 1.165) is 0 Å². The van der Waals surface area contributed by atoms with Gasteiger partial charge < -0.3 is 16.0 Å². The van der Waals surface area contributed by atoms with Crippen molar-refractivity contribution < 1.29 is 22.8 Å². The van der Waals surface area contributed by atoms with Gasteiger partial charge in [0.1, 0.15) is 6.54 Å². The summed E-state index contributed by atoms with van der Waals surface area (Å²) in [5.74, 6) is -0.274. The molecule has 18 heavy (non-hydrogen) atoms. The van der Waals surface area contributed by atoms with Crippen molar-refractivity contribution in [3.63, 3.8) is 0 Å². The first-order valence-electron chi connectivity index (χ1n) is 5.66. The summed E-state index contributed by atoms with van der Waals surface area (Å²) in [6.45, 7) is -0.629. The Morgan fingerprint density at radius 2 is 1.83 bits per heavy atom. The van der Waals surface area contributed by atoms with Crippen molar-refractivity contribution in [3.8, 4) is 0 Å². The Balaban J connectivity index is 2.29. The second-order valence-corrected chi connectivity index (χ2v) is 4.37. The average molecular weight is 267 g/mol. The van der Waals surface area contributed by atoms with Crippen LogP contribution < -0.4 is 11.1 Å². The Bertz CT molecular complexity index is 312. The van der Waals surface area contributed by atoms with Crippen LogP contribution in [0.5, 0.6) is 0 Å². The number of halogens is 3. The molecule has 1 fully saturated rings. The number of hydrogen-bond acceptors (Lipinski definition) is 2. The van der Waals surface area contributed by atoms with E-state index < -0.39 is 24.7 Å². The molecule has 104 valence electrons. The van der Waals surface area contributed by atoms with E-state index in [4.69, 9.17) is 5.73 Å². The first-order chi connectivity index (χ1) is 8.28. The number of nitrogens with zero attached hydrogens (tertiary/aromatic N) is 1. The van der Waals surface area contributed by atoms with Gasteiger partial charge in [-0.05, 0) is 18.8 Å². The summed E-state index contributed by atoms with van der Waals surface area (Å²) in [6, 6.07) is -0.718. The number of piperidine rings is 1. The third kappa shape index (κ3) is 5.24. The molecule has 0 saturated carbocycles. The smallest absolute Gasteiger partial charge is 0.370 e. The number of hydrogen-bond donors (Lipinski definition) is 2. The van der Waals surface area contributed by atoms with Crippen LogP contribution in [0.1, 0.15) is 19.3 Å². The van der Waals surface area contributed by atoms with Crippen LogP contribution in [0, 0.1) is 5.92 Å². The highest BCUT2D eigenvalue weighted by molar-refractivity contribution is 5.75. The van der Waals surface area contributed by atoms with Crippen LogP contribution in [-0.2, 0) is 4.79 Å². The molecule has 0 bridgehead atoms. The van der Waals surface area contributed by atoms with E-state index in [1.54, 1.807) is 0 Å². The van der Waals surface area contributed by atoms with Crippen LogP contribution >= 0.6 is 0 Å². The summed E-state index contributed by atoms with van der Waals surface area (Å²) in [5, 5.41) is 1.82. The minimum atomic E-state index is -4.40. The lowest BCUT2D eigenvalue weighted by molar-refractivity contribution is -0.123. The summed E-state index contributed by atoms with van der Waals surface area (Å²) in [6.07, 6.45) is -2.97. The highest BCUT2D eigenvalue weighted by Crippen LogP contribution is 2.20. The minimum absolute atomic E-state index is 0.120. The minimum Gasteiger partial charge on any atom is -0.370 e. The quantitative estimate of drug-likeness (QED) is 0.795. The fourth-order valence-corrected chi connectivity index (χ4v) is 1.91. The second-order valence-electron chi connectivity index (χ2n) is 4.37. The predicted octanol–water partition coefficient (Wildman–Crippen LogP) is 0.846. The Hall–Kier alpha value is -1.47. The number of primary amides is 1. The molecule has 3 amide bonds. The van der Waals surface area contributed by atoms with E-state index in [-0.39, 0.29) is 12.3 Å². The van der Waals surface area contributed by atoms with Gasteiger partial charge in [-0.2, -0.15) is 13.2 Å². The maximum Gasteiger partial charge on any atom is 0.405 e. The molecule has 8 heteroatoms. The lowest BCUT2D eigenvalue weighted by Gasteiger charge is -2.31. The van der Waals surface area contributed by atoms with E-state index >= 15 is 0 Å². The maximum atomic E-state index is 11.9. The van der Waals surface area contributed by atoms with Gasteiger partial charge in [0, 0.05) is 19.5 Å². The van der Waals surface area contributed by atoms with Crippen LogP contribution in [-0.4, -0.2) is 42.6 Å². The first-order valence-corrected chi connectivity index (χ1v) is 5.66. The number of carbonyl (C=O) groups excluding carboxylic acids is 2. The number of carbonyl (C=O) groups is 2. The Morgan fingerprint density at radius 3 is 2.28 bits per heavy atom. The number of amides is 3. The summed E-state index contributed by atoms with van der Waals surface area (Å²) >= 11 is 0. The Morgan fingerprint density at radius 1 is 1.28 bits per heavy atom. The van der Waals surface area contributed by atoms with E-state index in [1.807, 2.05) is 5.32 Å². The van der Waals surface area contributed by atoms with E-state index in [2.05, 4.69) is 0 Å². The molecule has 1 heterocycles. The van der Waals surface area contributed by atoms with Gasteiger partial charge in [0.15, 0.2) is 0 Å². The third-order valence-corrected chi connectivity index (χ3v) is 2.83. The standard InChI is InChI=1S/C10H16F3N3O2/c11-10(12,13)6-15-9(18)16-3-1-7(2-4-16)5-8(14)17/h7H,1-6H2,(H2,14,17)(H,15,18). The van der Waals surface area contributed by atoms with Crippen molar-refractivity contribution in [1.29, 1.82) is 0 Å². The van der Waals surface area contributed by atoms with Crippen LogP contribution in [0.15, 0.2) is 0 Å². The topological polar surface area (TPSA) is 75.4 Å². The number of nitrogens with one attached hydrogen (secondary N) is 1. The SMILES string of the molecule is NC(=O)CC1CCN(C(=O)NCC(F)(F)F)CC1. The number of nitrogens with two attached hydrogens (primary N) is 1. The second kappa shape index (κ2) is 5.92. The fourth-order valence-electron chi connectivity index (χ4n) is 1.91. The van der Waals surface area contributed by atoms with Crippen molar-refractivity contribution in [2.45, 2.75) is 25.4 Å². The highest BCUT2D eigenvalue weighted by Gasteiger charge is 2.30. The lowest BCUT2D eigenvalue weighted by atomic mass is 9.93. The van der Waals surface area contributed by atoms with E-state index in [9.17, 15) is 22.8 Å². The van der Waals surface area contributed by atoms with Crippen LogP contribution in [0.25, 0.3) is 0 Å². The van der Waals surface area contributed by atoms with Crippen molar-refractivity contribution in [3.05, 3.63) is 0 Å². The molecular weight excluding hydrogens is 251 g/mol. The molecule has 1 aliphatic heterocycles. The molecule has 0 aliphatic carbocycles. The largest absolute Gasteiger partial charge is 0.405 e. The molecule has 0 radical (unpaired) electrons. The zero-order valence-electron chi connectivity index (χ0n) is 9.79. The molecular formula is C10H16F3N3O2. The summed E-state index contributed by atoms with van der Waals surface area (Å²) in [7, 11) is 0. The molecule has 5 nitrogen and oxygen atoms in total. The van der Waals surface area contributed by atoms with Crippen LogP contribution in [0.2, 0.25) is 0 Å². The average Bonchev–Trinajstić information content (AvgIpc) is 2.25. The van der Waals surface area contributed by atoms with Gasteiger partial charge in [-0.25, -0.2) is 4.79 Å². The third-order valence-electron chi connectivity index (χ3n) is 2.83. The molecule has 3 N–H and O–H groups in total. The molecule has 0 unspecified atom stereocenters. The zero-order valence-corrected chi connectivity index (χ0v) is 9.79. The Labute approximate surface area is 102 Å². The number of alkyl halides is 3. The molecule has 0 aromatic rings. The molecule has 1 aliphatic rings. The molecule has 1 rings (SSSR count). The molecule has 0 aromatic heterocycles. The van der Waals surface area contributed by atoms with Gasteiger partial charge in [-0.1, -0.05) is 0 Å². The summed E-state index contributed by atoms with van der Waals surface area (Å²) in [5.41, 5.74) is 5.06. The van der Waals surface area contributed by atoms with Crippen molar-refractivity contribution >= 4 is 11.9 Å². The molecule has 0 atom stereocenters. The van der Waals surface area contributed by atoms with Gasteiger partial charge in [-0.3, -0.25) is 4.79 Å². The van der Waals surface area contributed by atoms with E-state index in [1.165, 1.54) is 4.90 Å². The zero-order chi connectivity index (χ0) is 13.8. The van der Waals surface area contributed by atoms with Gasteiger partial charge in [0.2, 0.25) is 5.91 Å². The molecule has 0 aromatic carbocycles. The van der Waals surface area contributed by atoms with Crippen molar-refractivity contribution in [2.24, 2.45) is 11.7 Å². The normalized spacial score (nSPS) is 17.6. The van der Waals surface area contributed by atoms with E-state index in [0.29, 0.717) is 25.9 Å². The summed E-state index contributed by atoms with van der Waals surface area (Å²) < 4.78 is 35.7.